The van der Waals surface area contributed by atoms with Gasteiger partial charge in [-0.3, -0.25) is 9.78 Å². The van der Waals surface area contributed by atoms with Crippen molar-refractivity contribution in [3.8, 4) is 0 Å². The van der Waals surface area contributed by atoms with Crippen molar-refractivity contribution < 1.29 is 9.90 Å². The fourth-order valence-corrected chi connectivity index (χ4v) is 1.77. The predicted molar refractivity (Wildman–Crippen MR) is 51.8 cm³/mol. The molecule has 0 bridgehead atoms. The number of aliphatic hydroxyl groups excluding tert-OH is 1. The van der Waals surface area contributed by atoms with Crippen LogP contribution in [0.15, 0.2) is 24.5 Å². The van der Waals surface area contributed by atoms with Crippen LogP contribution < -0.4 is 4.90 Å². The van der Waals surface area contributed by atoms with Crippen LogP contribution in [-0.4, -0.2) is 28.6 Å². The Balaban J connectivity index is 2.28. The average molecular weight is 192 g/mol. The van der Waals surface area contributed by atoms with Crippen LogP contribution in [0.1, 0.15) is 12.8 Å². The minimum atomic E-state index is -0.0771. The third-order valence-corrected chi connectivity index (χ3v) is 2.46. The molecule has 4 nitrogen and oxygen atoms in total. The van der Waals surface area contributed by atoms with E-state index in [0.29, 0.717) is 6.42 Å². The number of nitrogens with zero attached hydrogens (tertiary/aromatic N) is 2. The minimum absolute atomic E-state index is 0.0145. The summed E-state index contributed by atoms with van der Waals surface area (Å²) >= 11 is 0. The summed E-state index contributed by atoms with van der Waals surface area (Å²) in [6.45, 7) is 0.0145. The Morgan fingerprint density at radius 3 is 3.14 bits per heavy atom. The van der Waals surface area contributed by atoms with Crippen molar-refractivity contribution in [2.24, 2.45) is 0 Å². The van der Waals surface area contributed by atoms with Crippen LogP contribution >= 0.6 is 0 Å². The first-order valence-electron chi connectivity index (χ1n) is 4.66. The van der Waals surface area contributed by atoms with Gasteiger partial charge in [0.15, 0.2) is 0 Å². The normalized spacial score (nSPS) is 21.6. The van der Waals surface area contributed by atoms with Crippen molar-refractivity contribution in [1.29, 1.82) is 0 Å². The predicted octanol–water partition coefficient (Wildman–Crippen LogP) is 0.569. The summed E-state index contributed by atoms with van der Waals surface area (Å²) in [5.74, 6) is 0.0667. The standard InChI is InChI=1S/C10H12N2O2/c13-7-9-3-4-10(14)12(9)8-2-1-5-11-6-8/h1-2,5-6,9,13H,3-4,7H2. The van der Waals surface area contributed by atoms with Crippen molar-refractivity contribution in [2.75, 3.05) is 11.5 Å². The number of hydrogen-bond donors (Lipinski definition) is 1. The van der Waals surface area contributed by atoms with Crippen LogP contribution in [0.4, 0.5) is 5.69 Å². The molecule has 0 radical (unpaired) electrons. The van der Waals surface area contributed by atoms with Gasteiger partial charge in [0, 0.05) is 12.6 Å². The Morgan fingerprint density at radius 2 is 2.50 bits per heavy atom. The van der Waals surface area contributed by atoms with Gasteiger partial charge in [-0.05, 0) is 18.6 Å². The number of aliphatic hydroxyl groups is 1. The molecule has 0 aliphatic carbocycles. The first-order chi connectivity index (χ1) is 6.83. The molecule has 1 aromatic heterocycles. The van der Waals surface area contributed by atoms with Gasteiger partial charge in [0.05, 0.1) is 24.5 Å². The molecule has 0 aromatic carbocycles. The largest absolute Gasteiger partial charge is 0.394 e. The number of carbonyl (C=O) groups excluding carboxylic acids is 1. The van der Waals surface area contributed by atoms with Crippen molar-refractivity contribution in [1.82, 2.24) is 4.98 Å². The highest BCUT2D eigenvalue weighted by Crippen LogP contribution is 2.25. The molecule has 1 saturated heterocycles. The van der Waals surface area contributed by atoms with Gasteiger partial charge in [-0.25, -0.2) is 0 Å². The summed E-state index contributed by atoms with van der Waals surface area (Å²) < 4.78 is 0. The number of aromatic nitrogens is 1. The molecule has 0 saturated carbocycles. The maximum atomic E-state index is 11.5. The minimum Gasteiger partial charge on any atom is -0.394 e. The monoisotopic (exact) mass is 192 g/mol. The second kappa shape index (κ2) is 3.75. The van der Waals surface area contributed by atoms with Crippen molar-refractivity contribution >= 4 is 11.6 Å². The van der Waals surface area contributed by atoms with E-state index in [1.165, 1.54) is 0 Å². The number of amides is 1. The van der Waals surface area contributed by atoms with Gasteiger partial charge in [-0.15, -0.1) is 0 Å². The lowest BCUT2D eigenvalue weighted by Gasteiger charge is -2.22. The smallest absolute Gasteiger partial charge is 0.227 e. The zero-order chi connectivity index (χ0) is 9.97. The number of pyridine rings is 1. The third kappa shape index (κ3) is 1.48. The number of hydrogen-bond acceptors (Lipinski definition) is 3. The van der Waals surface area contributed by atoms with Crippen molar-refractivity contribution in [3.63, 3.8) is 0 Å². The summed E-state index contributed by atoms with van der Waals surface area (Å²) in [5, 5.41) is 9.10. The lowest BCUT2D eigenvalue weighted by molar-refractivity contribution is -0.117. The Bertz CT molecular complexity index is 326. The van der Waals surface area contributed by atoms with E-state index in [0.717, 1.165) is 12.1 Å². The Kier molecular flexibility index (Phi) is 2.45. The van der Waals surface area contributed by atoms with Gasteiger partial charge in [0.1, 0.15) is 0 Å². The van der Waals surface area contributed by atoms with Gasteiger partial charge in [0.25, 0.3) is 0 Å². The van der Waals surface area contributed by atoms with Crippen LogP contribution in [0.25, 0.3) is 0 Å². The molecule has 2 rings (SSSR count). The highest BCUT2D eigenvalue weighted by atomic mass is 16.3. The number of anilines is 1. The zero-order valence-electron chi connectivity index (χ0n) is 7.76. The maximum absolute atomic E-state index is 11.5. The van der Waals surface area contributed by atoms with Crippen molar-refractivity contribution in [2.45, 2.75) is 18.9 Å². The van der Waals surface area contributed by atoms with E-state index < -0.39 is 0 Å². The average Bonchev–Trinajstić information content (AvgIpc) is 2.61. The van der Waals surface area contributed by atoms with Gasteiger partial charge in [-0.1, -0.05) is 0 Å². The lowest BCUT2D eigenvalue weighted by Crippen LogP contribution is -2.35. The van der Waals surface area contributed by atoms with E-state index in [1.807, 2.05) is 6.07 Å². The van der Waals surface area contributed by atoms with Crippen molar-refractivity contribution in [3.05, 3.63) is 24.5 Å². The molecule has 2 heterocycles. The zero-order valence-corrected chi connectivity index (χ0v) is 7.76. The van der Waals surface area contributed by atoms with E-state index >= 15 is 0 Å². The molecule has 1 atom stereocenters. The molecule has 0 spiro atoms. The second-order valence-electron chi connectivity index (χ2n) is 3.35. The van der Waals surface area contributed by atoms with Gasteiger partial charge in [-0.2, -0.15) is 0 Å². The molecule has 1 aliphatic heterocycles. The Morgan fingerprint density at radius 1 is 1.64 bits per heavy atom. The number of carbonyl (C=O) groups is 1. The molecule has 14 heavy (non-hydrogen) atoms. The van der Waals surface area contributed by atoms with Crippen LogP contribution in [0.2, 0.25) is 0 Å². The first-order valence-corrected chi connectivity index (χ1v) is 4.66. The van der Waals surface area contributed by atoms with E-state index in [2.05, 4.69) is 4.98 Å². The summed E-state index contributed by atoms with van der Waals surface area (Å²) in [6, 6.07) is 3.54. The number of rotatable bonds is 2. The Labute approximate surface area is 82.2 Å². The van der Waals surface area contributed by atoms with E-state index in [-0.39, 0.29) is 18.6 Å². The molecule has 1 unspecified atom stereocenters. The summed E-state index contributed by atoms with van der Waals surface area (Å²) in [5.41, 5.74) is 0.772. The molecule has 1 aliphatic rings. The van der Waals surface area contributed by atoms with Gasteiger partial charge in [0.2, 0.25) is 5.91 Å². The molecule has 4 heteroatoms. The van der Waals surface area contributed by atoms with Crippen LogP contribution in [0.3, 0.4) is 0 Å². The topological polar surface area (TPSA) is 53.4 Å². The Hall–Kier alpha value is -1.42. The fraction of sp³-hybridized carbons (Fsp3) is 0.400. The maximum Gasteiger partial charge on any atom is 0.227 e. The molecule has 74 valence electrons. The van der Waals surface area contributed by atoms with E-state index in [1.54, 1.807) is 23.4 Å². The summed E-state index contributed by atoms with van der Waals surface area (Å²) in [4.78, 5) is 17.1. The van der Waals surface area contributed by atoms with Crippen LogP contribution in [-0.2, 0) is 4.79 Å². The quantitative estimate of drug-likeness (QED) is 0.745. The lowest BCUT2D eigenvalue weighted by atomic mass is 10.2. The molecule has 1 N–H and O–H groups in total. The molecule has 1 amide bonds. The third-order valence-electron chi connectivity index (χ3n) is 2.46. The second-order valence-corrected chi connectivity index (χ2v) is 3.35. The van der Waals surface area contributed by atoms with Crippen LogP contribution in [0, 0.1) is 0 Å². The van der Waals surface area contributed by atoms with E-state index in [9.17, 15) is 4.79 Å². The molecular formula is C10H12N2O2. The summed E-state index contributed by atoms with van der Waals surface area (Å²) in [6.07, 6.45) is 4.55. The van der Waals surface area contributed by atoms with E-state index in [4.69, 9.17) is 5.11 Å². The SMILES string of the molecule is O=C1CCC(CO)N1c1cccnc1. The summed E-state index contributed by atoms with van der Waals surface area (Å²) in [7, 11) is 0. The fourth-order valence-electron chi connectivity index (χ4n) is 1.77. The molecule has 1 aromatic rings. The molecular weight excluding hydrogens is 180 g/mol. The van der Waals surface area contributed by atoms with Crippen LogP contribution in [0.5, 0.6) is 0 Å². The molecule has 1 fully saturated rings. The van der Waals surface area contributed by atoms with Gasteiger partial charge < -0.3 is 10.0 Å². The van der Waals surface area contributed by atoms with Gasteiger partial charge >= 0.3 is 0 Å². The first kappa shape index (κ1) is 9.15. The highest BCUT2D eigenvalue weighted by molar-refractivity contribution is 5.96. The highest BCUT2D eigenvalue weighted by Gasteiger charge is 2.31.